The molecule has 1 amide bonds. The monoisotopic (exact) mass is 336 g/mol. The molecule has 1 aromatic heterocycles. The van der Waals surface area contributed by atoms with Crippen LogP contribution >= 0.6 is 0 Å². The first-order valence-corrected chi connectivity index (χ1v) is 9.25. The van der Waals surface area contributed by atoms with E-state index in [1.165, 1.54) is 5.56 Å². The highest BCUT2D eigenvalue weighted by Gasteiger charge is 2.24. The summed E-state index contributed by atoms with van der Waals surface area (Å²) >= 11 is 0. The van der Waals surface area contributed by atoms with E-state index >= 15 is 0 Å². The Morgan fingerprint density at radius 2 is 2.00 bits per heavy atom. The molecule has 4 heteroatoms. The fourth-order valence-electron chi connectivity index (χ4n) is 3.90. The molecule has 1 fully saturated rings. The van der Waals surface area contributed by atoms with Gasteiger partial charge in [-0.1, -0.05) is 18.2 Å². The van der Waals surface area contributed by atoms with E-state index in [4.69, 9.17) is 4.74 Å². The van der Waals surface area contributed by atoms with Gasteiger partial charge in [-0.2, -0.15) is 0 Å². The number of nitrogens with zero attached hydrogens (tertiary/aromatic N) is 2. The van der Waals surface area contributed by atoms with Crippen LogP contribution in [0.25, 0.3) is 0 Å². The molecule has 0 unspecified atom stereocenters. The predicted octanol–water partition coefficient (Wildman–Crippen LogP) is 3.50. The molecule has 0 radical (unpaired) electrons. The first-order chi connectivity index (χ1) is 12.3. The van der Waals surface area contributed by atoms with Crippen molar-refractivity contribution in [1.29, 1.82) is 0 Å². The SMILES string of the molecule is O=C(c1cccnc1C[C@@H]1CCOc2ccccc2C1)N1CCCC1. The Hall–Kier alpha value is -2.36. The lowest BCUT2D eigenvalue weighted by Gasteiger charge is -2.19. The number of aromatic nitrogens is 1. The number of hydrogen-bond donors (Lipinski definition) is 0. The quantitative estimate of drug-likeness (QED) is 0.861. The number of benzene rings is 1. The molecule has 1 saturated heterocycles. The third kappa shape index (κ3) is 3.53. The van der Waals surface area contributed by atoms with E-state index in [-0.39, 0.29) is 5.91 Å². The summed E-state index contributed by atoms with van der Waals surface area (Å²) in [6.45, 7) is 2.47. The smallest absolute Gasteiger partial charge is 0.255 e. The number of fused-ring (bicyclic) bond motifs is 1. The normalized spacial score (nSPS) is 19.8. The van der Waals surface area contributed by atoms with E-state index in [1.54, 1.807) is 6.20 Å². The van der Waals surface area contributed by atoms with Crippen LogP contribution in [-0.2, 0) is 12.8 Å². The molecule has 130 valence electrons. The van der Waals surface area contributed by atoms with E-state index in [2.05, 4.69) is 17.1 Å². The van der Waals surface area contributed by atoms with Gasteiger partial charge in [0.1, 0.15) is 5.75 Å². The summed E-state index contributed by atoms with van der Waals surface area (Å²) in [7, 11) is 0. The third-order valence-corrected chi connectivity index (χ3v) is 5.26. The van der Waals surface area contributed by atoms with Crippen LogP contribution in [0.1, 0.15) is 40.9 Å². The minimum Gasteiger partial charge on any atom is -0.493 e. The highest BCUT2D eigenvalue weighted by atomic mass is 16.5. The summed E-state index contributed by atoms with van der Waals surface area (Å²) in [5, 5.41) is 0. The molecule has 4 rings (SSSR count). The maximum Gasteiger partial charge on any atom is 0.255 e. The van der Waals surface area contributed by atoms with Gasteiger partial charge in [0, 0.05) is 19.3 Å². The van der Waals surface area contributed by atoms with Crippen LogP contribution in [0.5, 0.6) is 5.75 Å². The van der Waals surface area contributed by atoms with Gasteiger partial charge < -0.3 is 9.64 Å². The molecule has 1 aromatic carbocycles. The topological polar surface area (TPSA) is 42.4 Å². The van der Waals surface area contributed by atoms with Gasteiger partial charge in [0.25, 0.3) is 5.91 Å². The maximum atomic E-state index is 12.8. The fraction of sp³-hybridized carbons (Fsp3) is 0.429. The molecular weight excluding hydrogens is 312 g/mol. The number of pyridine rings is 1. The summed E-state index contributed by atoms with van der Waals surface area (Å²) in [4.78, 5) is 19.4. The second-order valence-electron chi connectivity index (χ2n) is 7.02. The molecule has 0 saturated carbocycles. The summed E-state index contributed by atoms with van der Waals surface area (Å²) in [6.07, 6.45) is 6.81. The van der Waals surface area contributed by atoms with Gasteiger partial charge >= 0.3 is 0 Å². The second kappa shape index (κ2) is 7.26. The van der Waals surface area contributed by atoms with Crippen LogP contribution in [0.15, 0.2) is 42.6 Å². The molecule has 0 bridgehead atoms. The molecule has 1 atom stereocenters. The fourth-order valence-corrected chi connectivity index (χ4v) is 3.90. The summed E-state index contributed by atoms with van der Waals surface area (Å²) in [5.41, 5.74) is 2.97. The lowest BCUT2D eigenvalue weighted by atomic mass is 9.91. The lowest BCUT2D eigenvalue weighted by Crippen LogP contribution is -2.29. The van der Waals surface area contributed by atoms with Crippen molar-refractivity contribution >= 4 is 5.91 Å². The van der Waals surface area contributed by atoms with Crippen molar-refractivity contribution in [3.63, 3.8) is 0 Å². The van der Waals surface area contributed by atoms with E-state index in [0.29, 0.717) is 5.92 Å². The van der Waals surface area contributed by atoms with Crippen LogP contribution in [-0.4, -0.2) is 35.5 Å². The van der Waals surface area contributed by atoms with Crippen molar-refractivity contribution in [2.75, 3.05) is 19.7 Å². The van der Waals surface area contributed by atoms with E-state index in [1.807, 2.05) is 29.2 Å². The molecule has 25 heavy (non-hydrogen) atoms. The molecule has 3 heterocycles. The van der Waals surface area contributed by atoms with Gasteiger partial charge in [-0.05, 0) is 61.8 Å². The molecule has 4 nitrogen and oxygen atoms in total. The van der Waals surface area contributed by atoms with E-state index in [9.17, 15) is 4.79 Å². The predicted molar refractivity (Wildman–Crippen MR) is 96.8 cm³/mol. The van der Waals surface area contributed by atoms with Crippen molar-refractivity contribution in [3.8, 4) is 5.75 Å². The molecule has 0 spiro atoms. The van der Waals surface area contributed by atoms with Crippen LogP contribution in [0.3, 0.4) is 0 Å². The van der Waals surface area contributed by atoms with Crippen molar-refractivity contribution in [2.45, 2.75) is 32.1 Å². The highest BCUT2D eigenvalue weighted by Crippen LogP contribution is 2.29. The van der Waals surface area contributed by atoms with Crippen LogP contribution < -0.4 is 4.74 Å². The molecular formula is C21H24N2O2. The number of para-hydroxylation sites is 1. The number of amides is 1. The van der Waals surface area contributed by atoms with Gasteiger partial charge in [0.05, 0.1) is 17.9 Å². The largest absolute Gasteiger partial charge is 0.493 e. The first-order valence-electron chi connectivity index (χ1n) is 9.25. The number of rotatable bonds is 3. The van der Waals surface area contributed by atoms with Crippen molar-refractivity contribution in [2.24, 2.45) is 5.92 Å². The number of hydrogen-bond acceptors (Lipinski definition) is 3. The Balaban J connectivity index is 1.54. The molecule has 0 aliphatic carbocycles. The average molecular weight is 336 g/mol. The van der Waals surface area contributed by atoms with Gasteiger partial charge in [-0.3, -0.25) is 9.78 Å². The standard InChI is InChI=1S/C21H24N2O2/c24-21(23-11-3-4-12-23)18-7-5-10-22-19(18)15-16-9-13-25-20-8-2-1-6-17(20)14-16/h1-2,5-8,10,16H,3-4,9,11-15H2/t16-/m1/s1. The zero-order valence-corrected chi connectivity index (χ0v) is 14.5. The first kappa shape index (κ1) is 16.1. The summed E-state index contributed by atoms with van der Waals surface area (Å²) in [5.74, 6) is 1.59. The van der Waals surface area contributed by atoms with Crippen molar-refractivity contribution in [1.82, 2.24) is 9.88 Å². The molecule has 2 aromatic rings. The Labute approximate surface area is 148 Å². The van der Waals surface area contributed by atoms with Gasteiger partial charge in [0.2, 0.25) is 0 Å². The number of carbonyl (C=O) groups is 1. The Kier molecular flexibility index (Phi) is 4.68. The second-order valence-corrected chi connectivity index (χ2v) is 7.02. The van der Waals surface area contributed by atoms with Gasteiger partial charge in [0.15, 0.2) is 0 Å². The number of ether oxygens (including phenoxy) is 1. The highest BCUT2D eigenvalue weighted by molar-refractivity contribution is 5.95. The third-order valence-electron chi connectivity index (χ3n) is 5.26. The van der Waals surface area contributed by atoms with E-state index < -0.39 is 0 Å². The lowest BCUT2D eigenvalue weighted by molar-refractivity contribution is 0.0791. The zero-order valence-electron chi connectivity index (χ0n) is 14.5. The van der Waals surface area contributed by atoms with Gasteiger partial charge in [-0.15, -0.1) is 0 Å². The number of likely N-dealkylation sites (tertiary alicyclic amines) is 1. The maximum absolute atomic E-state index is 12.8. The Bertz CT molecular complexity index is 753. The van der Waals surface area contributed by atoms with Crippen molar-refractivity contribution in [3.05, 3.63) is 59.4 Å². The van der Waals surface area contributed by atoms with Gasteiger partial charge in [-0.25, -0.2) is 0 Å². The Morgan fingerprint density at radius 1 is 1.16 bits per heavy atom. The summed E-state index contributed by atoms with van der Waals surface area (Å²) in [6, 6.07) is 12.1. The molecule has 2 aliphatic heterocycles. The van der Waals surface area contributed by atoms with Crippen LogP contribution in [0.4, 0.5) is 0 Å². The minimum absolute atomic E-state index is 0.144. The Morgan fingerprint density at radius 3 is 2.88 bits per heavy atom. The van der Waals surface area contributed by atoms with Crippen molar-refractivity contribution < 1.29 is 9.53 Å². The number of carbonyl (C=O) groups excluding carboxylic acids is 1. The van der Waals surface area contributed by atoms with Crippen LogP contribution in [0, 0.1) is 5.92 Å². The molecule has 2 aliphatic rings. The van der Waals surface area contributed by atoms with Crippen LogP contribution in [0.2, 0.25) is 0 Å². The zero-order chi connectivity index (χ0) is 17.1. The van der Waals surface area contributed by atoms with E-state index in [0.717, 1.165) is 68.8 Å². The molecule has 0 N–H and O–H groups in total. The minimum atomic E-state index is 0.144. The summed E-state index contributed by atoms with van der Waals surface area (Å²) < 4.78 is 5.88. The average Bonchev–Trinajstić information content (AvgIpc) is 3.10.